The highest BCUT2D eigenvalue weighted by atomic mass is 35.5. The fourth-order valence-corrected chi connectivity index (χ4v) is 2.85. The fraction of sp³-hybridized carbons (Fsp3) is 0.294. The van der Waals surface area contributed by atoms with Gasteiger partial charge < -0.3 is 15.1 Å². The molecule has 1 aromatic carbocycles. The highest BCUT2D eigenvalue weighted by Crippen LogP contribution is 2.34. The summed E-state index contributed by atoms with van der Waals surface area (Å²) in [5.41, 5.74) is 2.30. The van der Waals surface area contributed by atoms with Crippen molar-refractivity contribution in [1.82, 2.24) is 15.2 Å². The second kappa shape index (κ2) is 6.56. The summed E-state index contributed by atoms with van der Waals surface area (Å²) in [6.45, 7) is 1.60. The van der Waals surface area contributed by atoms with Crippen molar-refractivity contribution in [2.24, 2.45) is 0 Å². The molecule has 0 spiro atoms. The SMILES string of the molecule is CN(C)CCN1c2cc(Cl)ccc2C(=O)NC1c1ccccn1. The van der Waals surface area contributed by atoms with E-state index >= 15 is 0 Å². The number of hydrogen-bond donors (Lipinski definition) is 1. The van der Waals surface area contributed by atoms with E-state index in [4.69, 9.17) is 11.6 Å². The van der Waals surface area contributed by atoms with Gasteiger partial charge in [0.2, 0.25) is 0 Å². The molecule has 1 unspecified atom stereocenters. The molecular weight excluding hydrogens is 312 g/mol. The minimum Gasteiger partial charge on any atom is -0.344 e. The van der Waals surface area contributed by atoms with E-state index in [0.29, 0.717) is 10.6 Å². The van der Waals surface area contributed by atoms with Gasteiger partial charge in [0.1, 0.15) is 6.17 Å². The summed E-state index contributed by atoms with van der Waals surface area (Å²) in [6, 6.07) is 11.1. The Morgan fingerprint density at radius 3 is 2.83 bits per heavy atom. The van der Waals surface area contributed by atoms with Gasteiger partial charge in [-0.2, -0.15) is 0 Å². The van der Waals surface area contributed by atoms with Crippen LogP contribution in [0.3, 0.4) is 0 Å². The molecule has 0 bridgehead atoms. The van der Waals surface area contributed by atoms with Gasteiger partial charge in [-0.05, 0) is 44.4 Å². The summed E-state index contributed by atoms with van der Waals surface area (Å²) in [5.74, 6) is -0.103. The average Bonchev–Trinajstić information content (AvgIpc) is 2.54. The topological polar surface area (TPSA) is 48.5 Å². The molecule has 0 saturated heterocycles. The first-order valence-electron chi connectivity index (χ1n) is 7.49. The molecule has 23 heavy (non-hydrogen) atoms. The van der Waals surface area contributed by atoms with Gasteiger partial charge in [0, 0.05) is 24.3 Å². The molecular formula is C17H19ClN4O. The molecule has 1 aliphatic rings. The van der Waals surface area contributed by atoms with Crippen molar-refractivity contribution in [3.8, 4) is 0 Å². The Labute approximate surface area is 140 Å². The Hall–Kier alpha value is -2.11. The highest BCUT2D eigenvalue weighted by Gasteiger charge is 2.32. The first-order valence-corrected chi connectivity index (χ1v) is 7.87. The lowest BCUT2D eigenvalue weighted by atomic mass is 10.1. The number of amides is 1. The van der Waals surface area contributed by atoms with Crippen LogP contribution in [0.2, 0.25) is 5.02 Å². The maximum atomic E-state index is 12.4. The molecule has 0 aliphatic carbocycles. The van der Waals surface area contributed by atoms with Gasteiger partial charge in [0.05, 0.1) is 16.9 Å². The number of nitrogens with one attached hydrogen (secondary N) is 1. The molecule has 0 saturated carbocycles. The van der Waals surface area contributed by atoms with Crippen LogP contribution in [0.5, 0.6) is 0 Å². The van der Waals surface area contributed by atoms with Gasteiger partial charge >= 0.3 is 0 Å². The van der Waals surface area contributed by atoms with Crippen LogP contribution < -0.4 is 10.2 Å². The summed E-state index contributed by atoms with van der Waals surface area (Å²) in [7, 11) is 4.05. The van der Waals surface area contributed by atoms with Crippen molar-refractivity contribution in [3.63, 3.8) is 0 Å². The molecule has 0 fully saturated rings. The van der Waals surface area contributed by atoms with Gasteiger partial charge in [-0.3, -0.25) is 9.78 Å². The zero-order valence-corrected chi connectivity index (χ0v) is 13.9. The normalized spacial score (nSPS) is 17.1. The van der Waals surface area contributed by atoms with Crippen molar-refractivity contribution in [1.29, 1.82) is 0 Å². The van der Waals surface area contributed by atoms with Crippen LogP contribution in [-0.2, 0) is 0 Å². The van der Waals surface area contributed by atoms with Gasteiger partial charge in [-0.25, -0.2) is 0 Å². The third-order valence-corrected chi connectivity index (χ3v) is 4.08. The van der Waals surface area contributed by atoms with E-state index in [-0.39, 0.29) is 12.1 Å². The monoisotopic (exact) mass is 330 g/mol. The Morgan fingerprint density at radius 2 is 2.13 bits per heavy atom. The summed E-state index contributed by atoms with van der Waals surface area (Å²) >= 11 is 6.16. The van der Waals surface area contributed by atoms with E-state index < -0.39 is 0 Å². The van der Waals surface area contributed by atoms with Crippen LogP contribution in [-0.4, -0.2) is 43.0 Å². The van der Waals surface area contributed by atoms with Gasteiger partial charge in [0.15, 0.2) is 0 Å². The van der Waals surface area contributed by atoms with E-state index in [9.17, 15) is 4.79 Å². The smallest absolute Gasteiger partial charge is 0.255 e. The van der Waals surface area contributed by atoms with Gasteiger partial charge in [-0.1, -0.05) is 17.7 Å². The molecule has 1 N–H and O–H groups in total. The molecule has 6 heteroatoms. The number of nitrogens with zero attached hydrogens (tertiary/aromatic N) is 3. The summed E-state index contributed by atoms with van der Waals surface area (Å²) < 4.78 is 0. The van der Waals surface area contributed by atoms with Crippen LogP contribution in [0, 0.1) is 0 Å². The van der Waals surface area contributed by atoms with Crippen LogP contribution in [0.4, 0.5) is 5.69 Å². The van der Waals surface area contributed by atoms with E-state index in [1.165, 1.54) is 0 Å². The molecule has 1 amide bonds. The van der Waals surface area contributed by atoms with Crippen molar-refractivity contribution in [2.75, 3.05) is 32.1 Å². The standard InChI is InChI=1S/C17H19ClN4O/c1-21(2)9-10-22-15-11-12(18)6-7-13(15)17(23)20-16(22)14-5-3-4-8-19-14/h3-8,11,16H,9-10H2,1-2H3,(H,20,23). The zero-order valence-electron chi connectivity index (χ0n) is 13.2. The quantitative estimate of drug-likeness (QED) is 0.936. The van der Waals surface area contributed by atoms with Gasteiger partial charge in [-0.15, -0.1) is 0 Å². The Morgan fingerprint density at radius 1 is 1.30 bits per heavy atom. The van der Waals surface area contributed by atoms with E-state index in [0.717, 1.165) is 24.5 Å². The van der Waals surface area contributed by atoms with Crippen LogP contribution in [0.25, 0.3) is 0 Å². The summed E-state index contributed by atoms with van der Waals surface area (Å²) in [4.78, 5) is 21.1. The van der Waals surface area contributed by atoms with E-state index in [2.05, 4.69) is 20.1 Å². The minimum atomic E-state index is -0.297. The maximum absolute atomic E-state index is 12.4. The fourth-order valence-electron chi connectivity index (χ4n) is 2.68. The predicted molar refractivity (Wildman–Crippen MR) is 91.8 cm³/mol. The number of likely N-dealkylation sites (N-methyl/N-ethyl adjacent to an activating group) is 1. The molecule has 1 atom stereocenters. The lowest BCUT2D eigenvalue weighted by molar-refractivity contribution is 0.0925. The maximum Gasteiger partial charge on any atom is 0.255 e. The average molecular weight is 331 g/mol. The molecule has 2 aromatic rings. The van der Waals surface area contributed by atoms with Crippen LogP contribution >= 0.6 is 11.6 Å². The minimum absolute atomic E-state index is 0.103. The second-order valence-corrected chi connectivity index (χ2v) is 6.23. The number of benzene rings is 1. The van der Waals surface area contributed by atoms with Crippen molar-refractivity contribution < 1.29 is 4.79 Å². The first-order chi connectivity index (χ1) is 11.1. The first kappa shape index (κ1) is 15.8. The lowest BCUT2D eigenvalue weighted by Gasteiger charge is -2.39. The predicted octanol–water partition coefficient (Wildman–Crippen LogP) is 2.55. The van der Waals surface area contributed by atoms with Crippen LogP contribution in [0.1, 0.15) is 22.2 Å². The Balaban J connectivity index is 2.04. The Kier molecular flexibility index (Phi) is 4.50. The van der Waals surface area contributed by atoms with Gasteiger partial charge in [0.25, 0.3) is 5.91 Å². The van der Waals surface area contributed by atoms with E-state index in [1.54, 1.807) is 18.3 Å². The lowest BCUT2D eigenvalue weighted by Crippen LogP contribution is -2.48. The number of carbonyl (C=O) groups is 1. The number of hydrogen-bond acceptors (Lipinski definition) is 4. The Bertz CT molecular complexity index is 705. The number of aromatic nitrogens is 1. The largest absolute Gasteiger partial charge is 0.344 e. The molecule has 1 aliphatic heterocycles. The number of fused-ring (bicyclic) bond motifs is 1. The number of carbonyl (C=O) groups excluding carboxylic acids is 1. The number of halogens is 1. The molecule has 120 valence electrons. The van der Waals surface area contributed by atoms with E-state index in [1.807, 2.05) is 38.4 Å². The molecule has 2 heterocycles. The highest BCUT2D eigenvalue weighted by molar-refractivity contribution is 6.31. The number of pyridine rings is 1. The third-order valence-electron chi connectivity index (χ3n) is 3.85. The summed E-state index contributed by atoms with van der Waals surface area (Å²) in [5, 5.41) is 3.66. The molecule has 1 aromatic heterocycles. The molecule has 0 radical (unpaired) electrons. The third kappa shape index (κ3) is 3.30. The van der Waals surface area contributed by atoms with Crippen molar-refractivity contribution >= 4 is 23.2 Å². The number of anilines is 1. The molecule has 5 nitrogen and oxygen atoms in total. The van der Waals surface area contributed by atoms with Crippen molar-refractivity contribution in [2.45, 2.75) is 6.17 Å². The van der Waals surface area contributed by atoms with Crippen molar-refractivity contribution in [3.05, 3.63) is 58.9 Å². The molecule has 3 rings (SSSR count). The van der Waals surface area contributed by atoms with Crippen LogP contribution in [0.15, 0.2) is 42.6 Å². The zero-order chi connectivity index (χ0) is 16.4. The number of rotatable bonds is 4. The second-order valence-electron chi connectivity index (χ2n) is 5.79. The summed E-state index contributed by atoms with van der Waals surface area (Å²) in [6.07, 6.45) is 1.44.